The van der Waals surface area contributed by atoms with Crippen molar-refractivity contribution < 1.29 is 9.53 Å². The third-order valence-corrected chi connectivity index (χ3v) is 4.63. The molecule has 0 radical (unpaired) electrons. The number of benzene rings is 1. The molecule has 25 heavy (non-hydrogen) atoms. The van der Waals surface area contributed by atoms with Gasteiger partial charge in [-0.15, -0.1) is 0 Å². The van der Waals surface area contributed by atoms with Gasteiger partial charge < -0.3 is 14.6 Å². The van der Waals surface area contributed by atoms with Gasteiger partial charge in [0.2, 0.25) is 0 Å². The van der Waals surface area contributed by atoms with E-state index in [1.807, 2.05) is 33.9 Å². The van der Waals surface area contributed by atoms with Gasteiger partial charge in [0, 0.05) is 7.05 Å². The second-order valence-corrected chi connectivity index (χ2v) is 8.24. The van der Waals surface area contributed by atoms with E-state index < -0.39 is 5.60 Å². The maximum atomic E-state index is 12.3. The summed E-state index contributed by atoms with van der Waals surface area (Å²) in [5, 5.41) is 3.04. The molecular weight excluding hydrogens is 314 g/mol. The molecule has 0 saturated heterocycles. The molecule has 136 valence electrons. The van der Waals surface area contributed by atoms with Gasteiger partial charge in [-0.25, -0.2) is 9.78 Å². The summed E-state index contributed by atoms with van der Waals surface area (Å²) in [5.41, 5.74) is 2.76. The van der Waals surface area contributed by atoms with Crippen molar-refractivity contribution in [3.8, 4) is 0 Å². The highest BCUT2D eigenvalue weighted by molar-refractivity contribution is 5.77. The minimum absolute atomic E-state index is 0.131. The normalized spacial score (nSPS) is 16.0. The minimum Gasteiger partial charge on any atom is -0.444 e. The number of aromatic nitrogens is 2. The van der Waals surface area contributed by atoms with Gasteiger partial charge in [-0.1, -0.05) is 18.9 Å². The van der Waals surface area contributed by atoms with Gasteiger partial charge in [0.05, 0.1) is 17.1 Å². The summed E-state index contributed by atoms with van der Waals surface area (Å²) in [7, 11) is 2.02. The van der Waals surface area contributed by atoms with Gasteiger partial charge in [0.15, 0.2) is 0 Å². The van der Waals surface area contributed by atoms with Crippen LogP contribution in [0.3, 0.4) is 0 Å². The van der Waals surface area contributed by atoms with Crippen LogP contribution in [0.25, 0.3) is 11.0 Å². The van der Waals surface area contributed by atoms with E-state index in [1.54, 1.807) is 0 Å². The Balaban J connectivity index is 1.85. The number of carbonyl (C=O) groups is 1. The van der Waals surface area contributed by atoms with E-state index in [0.717, 1.165) is 35.6 Å². The first-order chi connectivity index (χ1) is 11.7. The monoisotopic (exact) mass is 343 g/mol. The maximum Gasteiger partial charge on any atom is 0.408 e. The number of hydrogen-bond donors (Lipinski definition) is 1. The molecule has 0 aliphatic heterocycles. The molecule has 1 atom stereocenters. The third kappa shape index (κ3) is 4.53. The van der Waals surface area contributed by atoms with Crippen LogP contribution in [-0.4, -0.2) is 21.2 Å². The summed E-state index contributed by atoms with van der Waals surface area (Å²) in [6, 6.07) is 6.12. The molecule has 1 amide bonds. The van der Waals surface area contributed by atoms with Crippen LogP contribution in [0.5, 0.6) is 0 Å². The zero-order valence-electron chi connectivity index (χ0n) is 15.9. The number of nitrogens with zero attached hydrogens (tertiary/aromatic N) is 2. The largest absolute Gasteiger partial charge is 0.444 e. The first kappa shape index (κ1) is 17.8. The van der Waals surface area contributed by atoms with Crippen LogP contribution in [-0.2, 0) is 11.8 Å². The van der Waals surface area contributed by atoms with Crippen molar-refractivity contribution in [3.05, 3.63) is 29.6 Å². The molecule has 5 heteroatoms. The van der Waals surface area contributed by atoms with Gasteiger partial charge in [-0.2, -0.15) is 0 Å². The number of alkyl carbamates (subject to hydrolysis) is 1. The Bertz CT molecular complexity index is 769. The highest BCUT2D eigenvalue weighted by Crippen LogP contribution is 2.36. The zero-order valence-corrected chi connectivity index (χ0v) is 15.9. The van der Waals surface area contributed by atoms with Crippen LogP contribution in [0.4, 0.5) is 4.79 Å². The van der Waals surface area contributed by atoms with Gasteiger partial charge in [-0.05, 0) is 64.2 Å². The number of amides is 1. The molecule has 5 nitrogen and oxygen atoms in total. The summed E-state index contributed by atoms with van der Waals surface area (Å²) in [4.78, 5) is 17.1. The smallest absolute Gasteiger partial charge is 0.408 e. The average molecular weight is 343 g/mol. The lowest BCUT2D eigenvalue weighted by molar-refractivity contribution is 0.0497. The van der Waals surface area contributed by atoms with Crippen molar-refractivity contribution in [2.75, 3.05) is 0 Å². The molecule has 1 saturated carbocycles. The molecule has 1 aromatic carbocycles. The Morgan fingerprint density at radius 1 is 1.40 bits per heavy atom. The van der Waals surface area contributed by atoms with E-state index in [1.165, 1.54) is 18.4 Å². The first-order valence-corrected chi connectivity index (χ1v) is 9.15. The van der Waals surface area contributed by atoms with E-state index in [-0.39, 0.29) is 12.1 Å². The highest BCUT2D eigenvalue weighted by atomic mass is 16.6. The molecule has 1 aliphatic rings. The average Bonchev–Trinajstić information content (AvgIpc) is 3.27. The topological polar surface area (TPSA) is 56.1 Å². The standard InChI is InChI=1S/C20H29N3O2/c1-13-6-10-15-17(12-13)23(5)18(21-15)16(11-9-14-7-8-14)22-19(24)25-20(2,3)4/h6,10,12,14,16H,7-9,11H2,1-5H3,(H,22,24). The lowest BCUT2D eigenvalue weighted by Crippen LogP contribution is -2.36. The van der Waals surface area contributed by atoms with Crippen molar-refractivity contribution in [1.29, 1.82) is 0 Å². The molecule has 1 aromatic heterocycles. The van der Waals surface area contributed by atoms with Crippen LogP contribution >= 0.6 is 0 Å². The van der Waals surface area contributed by atoms with Crippen LogP contribution in [0.2, 0.25) is 0 Å². The second-order valence-electron chi connectivity index (χ2n) is 8.24. The van der Waals surface area contributed by atoms with Crippen molar-refractivity contribution in [2.24, 2.45) is 13.0 Å². The number of carbonyl (C=O) groups excluding carboxylic acids is 1. The number of hydrogen-bond acceptors (Lipinski definition) is 3. The predicted molar refractivity (Wildman–Crippen MR) is 99.5 cm³/mol. The third-order valence-electron chi connectivity index (χ3n) is 4.63. The van der Waals surface area contributed by atoms with E-state index in [9.17, 15) is 4.79 Å². The Morgan fingerprint density at radius 3 is 2.76 bits per heavy atom. The van der Waals surface area contributed by atoms with Crippen LogP contribution in [0.15, 0.2) is 18.2 Å². The molecule has 0 bridgehead atoms. The quantitative estimate of drug-likeness (QED) is 0.860. The van der Waals surface area contributed by atoms with Crippen molar-refractivity contribution in [2.45, 2.75) is 65.0 Å². The molecule has 0 spiro atoms. The summed E-state index contributed by atoms with van der Waals surface area (Å²) in [5.74, 6) is 1.70. The predicted octanol–water partition coefficient (Wildman–Crippen LogP) is 4.64. The van der Waals surface area contributed by atoms with Crippen LogP contribution in [0.1, 0.15) is 63.9 Å². The van der Waals surface area contributed by atoms with Crippen molar-refractivity contribution >= 4 is 17.1 Å². The molecular formula is C20H29N3O2. The number of nitrogens with one attached hydrogen (secondary N) is 1. The van der Waals surface area contributed by atoms with Gasteiger partial charge in [0.1, 0.15) is 11.4 Å². The lowest BCUT2D eigenvalue weighted by atomic mass is 10.1. The number of ether oxygens (including phenoxy) is 1. The Labute approximate surface area is 149 Å². The number of imidazole rings is 1. The molecule has 1 aliphatic carbocycles. The van der Waals surface area contributed by atoms with Gasteiger partial charge in [0.25, 0.3) is 0 Å². The number of aryl methyl sites for hydroxylation is 2. The fourth-order valence-electron chi connectivity index (χ4n) is 3.15. The fraction of sp³-hybridized carbons (Fsp3) is 0.600. The molecule has 1 unspecified atom stereocenters. The SMILES string of the molecule is Cc1ccc2nc(C(CCC3CC3)NC(=O)OC(C)(C)C)n(C)c2c1. The highest BCUT2D eigenvalue weighted by Gasteiger charge is 2.27. The minimum atomic E-state index is -0.505. The Morgan fingerprint density at radius 2 is 2.12 bits per heavy atom. The van der Waals surface area contributed by atoms with E-state index in [2.05, 4.69) is 28.9 Å². The molecule has 2 aromatic rings. The number of rotatable bonds is 5. The maximum absolute atomic E-state index is 12.3. The zero-order chi connectivity index (χ0) is 18.2. The first-order valence-electron chi connectivity index (χ1n) is 9.15. The molecule has 1 heterocycles. The molecule has 3 rings (SSSR count). The van der Waals surface area contributed by atoms with Crippen LogP contribution in [0, 0.1) is 12.8 Å². The van der Waals surface area contributed by atoms with Gasteiger partial charge >= 0.3 is 6.09 Å². The summed E-state index contributed by atoms with van der Waals surface area (Å²) >= 11 is 0. The van der Waals surface area contributed by atoms with Gasteiger partial charge in [-0.3, -0.25) is 0 Å². The summed E-state index contributed by atoms with van der Waals surface area (Å²) in [6.07, 6.45) is 4.24. The van der Waals surface area contributed by atoms with Crippen molar-refractivity contribution in [1.82, 2.24) is 14.9 Å². The fourth-order valence-corrected chi connectivity index (χ4v) is 3.15. The van der Waals surface area contributed by atoms with Crippen molar-refractivity contribution in [3.63, 3.8) is 0 Å². The summed E-state index contributed by atoms with van der Waals surface area (Å²) in [6.45, 7) is 7.71. The van der Waals surface area contributed by atoms with E-state index in [4.69, 9.17) is 9.72 Å². The van der Waals surface area contributed by atoms with Crippen LogP contribution < -0.4 is 5.32 Å². The Kier molecular flexibility index (Phi) is 4.76. The number of fused-ring (bicyclic) bond motifs is 1. The second kappa shape index (κ2) is 6.70. The molecule has 1 fully saturated rings. The van der Waals surface area contributed by atoms with E-state index in [0.29, 0.717) is 0 Å². The molecule has 1 N–H and O–H groups in total. The lowest BCUT2D eigenvalue weighted by Gasteiger charge is -2.23. The summed E-state index contributed by atoms with van der Waals surface area (Å²) < 4.78 is 7.55. The van der Waals surface area contributed by atoms with E-state index >= 15 is 0 Å². The Hall–Kier alpha value is -2.04.